The average molecular weight is 459 g/mol. The highest BCUT2D eigenvalue weighted by molar-refractivity contribution is 7.99. The maximum Gasteiger partial charge on any atom is 0.242 e. The van der Waals surface area contributed by atoms with E-state index in [-0.39, 0.29) is 17.9 Å². The van der Waals surface area contributed by atoms with Crippen molar-refractivity contribution in [2.75, 3.05) is 5.75 Å². The Balaban J connectivity index is 1.65. The molecule has 2 amide bonds. The van der Waals surface area contributed by atoms with E-state index in [2.05, 4.69) is 36.5 Å². The summed E-state index contributed by atoms with van der Waals surface area (Å²) in [7, 11) is 0. The molecule has 0 saturated heterocycles. The van der Waals surface area contributed by atoms with Crippen molar-refractivity contribution in [3.05, 3.63) is 64.7 Å². The lowest BCUT2D eigenvalue weighted by atomic mass is 10.1. The Morgan fingerprint density at radius 3 is 2.55 bits per heavy atom. The predicted octanol–water partition coefficient (Wildman–Crippen LogP) is 5.61. The SMILES string of the molecule is Cc1ccc(SCCC(=O)N(Cc2cccc(Cl)c2)C(C)C(=O)NC2CCCC2)cc1. The van der Waals surface area contributed by atoms with E-state index in [0.29, 0.717) is 23.7 Å². The second-order valence-electron chi connectivity index (χ2n) is 8.23. The minimum absolute atomic E-state index is 0.0198. The van der Waals surface area contributed by atoms with Gasteiger partial charge in [-0.15, -0.1) is 11.8 Å². The van der Waals surface area contributed by atoms with Crippen molar-refractivity contribution in [3.63, 3.8) is 0 Å². The van der Waals surface area contributed by atoms with Gasteiger partial charge in [0.05, 0.1) is 0 Å². The molecule has 2 aromatic carbocycles. The summed E-state index contributed by atoms with van der Waals surface area (Å²) in [4.78, 5) is 28.9. The lowest BCUT2D eigenvalue weighted by molar-refractivity contribution is -0.140. The number of benzene rings is 2. The summed E-state index contributed by atoms with van der Waals surface area (Å²) in [5.41, 5.74) is 2.14. The van der Waals surface area contributed by atoms with E-state index in [1.54, 1.807) is 16.7 Å². The van der Waals surface area contributed by atoms with Crippen LogP contribution in [-0.2, 0) is 16.1 Å². The fraction of sp³-hybridized carbons (Fsp3) is 0.440. The molecule has 0 radical (unpaired) electrons. The number of hydrogen-bond acceptors (Lipinski definition) is 3. The van der Waals surface area contributed by atoms with Gasteiger partial charge in [0.25, 0.3) is 0 Å². The number of nitrogens with zero attached hydrogens (tertiary/aromatic N) is 1. The molecule has 1 N–H and O–H groups in total. The maximum atomic E-state index is 13.2. The lowest BCUT2D eigenvalue weighted by Crippen LogP contribution is -2.49. The number of aryl methyl sites for hydroxylation is 1. The molecule has 1 aliphatic carbocycles. The smallest absolute Gasteiger partial charge is 0.242 e. The summed E-state index contributed by atoms with van der Waals surface area (Å²) in [5, 5.41) is 3.76. The zero-order valence-corrected chi connectivity index (χ0v) is 19.8. The number of thioether (sulfide) groups is 1. The molecule has 1 fully saturated rings. The molecular weight excluding hydrogens is 428 g/mol. The van der Waals surface area contributed by atoms with Crippen LogP contribution >= 0.6 is 23.4 Å². The van der Waals surface area contributed by atoms with Gasteiger partial charge in [0.15, 0.2) is 0 Å². The van der Waals surface area contributed by atoms with E-state index in [0.717, 1.165) is 36.1 Å². The summed E-state index contributed by atoms with van der Waals surface area (Å²) in [6, 6.07) is 15.5. The molecule has 4 nitrogen and oxygen atoms in total. The largest absolute Gasteiger partial charge is 0.352 e. The third kappa shape index (κ3) is 7.29. The zero-order valence-electron chi connectivity index (χ0n) is 18.3. The molecular formula is C25H31ClN2O2S. The number of halogens is 1. The van der Waals surface area contributed by atoms with E-state index < -0.39 is 6.04 Å². The van der Waals surface area contributed by atoms with Gasteiger partial charge in [-0.1, -0.05) is 54.3 Å². The summed E-state index contributed by atoms with van der Waals surface area (Å²) < 4.78 is 0. The van der Waals surface area contributed by atoms with Crippen LogP contribution in [0.25, 0.3) is 0 Å². The van der Waals surface area contributed by atoms with Crippen LogP contribution < -0.4 is 5.32 Å². The van der Waals surface area contributed by atoms with Crippen molar-refractivity contribution in [1.82, 2.24) is 10.2 Å². The molecule has 1 aliphatic rings. The fourth-order valence-electron chi connectivity index (χ4n) is 3.84. The molecule has 1 saturated carbocycles. The van der Waals surface area contributed by atoms with E-state index in [9.17, 15) is 9.59 Å². The molecule has 0 aliphatic heterocycles. The topological polar surface area (TPSA) is 49.4 Å². The van der Waals surface area contributed by atoms with Gasteiger partial charge < -0.3 is 10.2 Å². The number of nitrogens with one attached hydrogen (secondary N) is 1. The molecule has 1 unspecified atom stereocenters. The average Bonchev–Trinajstić information content (AvgIpc) is 3.26. The number of carbonyl (C=O) groups is 2. The molecule has 0 heterocycles. The Bertz CT molecular complexity index is 881. The Hall–Kier alpha value is -1.98. The van der Waals surface area contributed by atoms with Crippen LogP contribution in [0.5, 0.6) is 0 Å². The summed E-state index contributed by atoms with van der Waals surface area (Å²) >= 11 is 7.80. The molecule has 6 heteroatoms. The Morgan fingerprint density at radius 2 is 1.87 bits per heavy atom. The van der Waals surface area contributed by atoms with Crippen molar-refractivity contribution < 1.29 is 9.59 Å². The van der Waals surface area contributed by atoms with E-state index in [1.807, 2.05) is 31.2 Å². The molecule has 1 atom stereocenters. The number of hydrogen-bond donors (Lipinski definition) is 1. The molecule has 31 heavy (non-hydrogen) atoms. The second kappa shape index (κ2) is 11.6. The minimum Gasteiger partial charge on any atom is -0.352 e. The Kier molecular flexibility index (Phi) is 8.85. The molecule has 2 aromatic rings. The van der Waals surface area contributed by atoms with Crippen molar-refractivity contribution in [2.45, 2.75) is 69.5 Å². The van der Waals surface area contributed by atoms with E-state index >= 15 is 0 Å². The molecule has 0 bridgehead atoms. The molecule has 166 valence electrons. The van der Waals surface area contributed by atoms with Gasteiger partial charge in [0, 0.05) is 34.7 Å². The van der Waals surface area contributed by atoms with Crippen LogP contribution in [0.2, 0.25) is 5.02 Å². The van der Waals surface area contributed by atoms with E-state index in [1.165, 1.54) is 5.56 Å². The highest BCUT2D eigenvalue weighted by atomic mass is 35.5. The highest BCUT2D eigenvalue weighted by Crippen LogP contribution is 2.22. The van der Waals surface area contributed by atoms with Crippen LogP contribution in [0.1, 0.15) is 50.2 Å². The van der Waals surface area contributed by atoms with Crippen LogP contribution in [0.3, 0.4) is 0 Å². The Morgan fingerprint density at radius 1 is 1.16 bits per heavy atom. The summed E-state index contributed by atoms with van der Waals surface area (Å²) in [6.45, 7) is 4.25. The van der Waals surface area contributed by atoms with Crippen molar-refractivity contribution >= 4 is 35.2 Å². The maximum absolute atomic E-state index is 13.2. The van der Waals surface area contributed by atoms with Gasteiger partial charge in [-0.05, 0) is 56.5 Å². The van der Waals surface area contributed by atoms with Gasteiger partial charge in [0.2, 0.25) is 11.8 Å². The number of rotatable bonds is 9. The normalized spacial score (nSPS) is 14.9. The van der Waals surface area contributed by atoms with Crippen LogP contribution in [0, 0.1) is 6.92 Å². The van der Waals surface area contributed by atoms with Crippen LogP contribution in [-0.4, -0.2) is 34.6 Å². The fourth-order valence-corrected chi connectivity index (χ4v) is 4.89. The monoisotopic (exact) mass is 458 g/mol. The molecule has 0 aromatic heterocycles. The first-order valence-corrected chi connectivity index (χ1v) is 12.3. The van der Waals surface area contributed by atoms with Crippen molar-refractivity contribution in [1.29, 1.82) is 0 Å². The quantitative estimate of drug-likeness (QED) is 0.497. The van der Waals surface area contributed by atoms with Gasteiger partial charge in [-0.3, -0.25) is 9.59 Å². The van der Waals surface area contributed by atoms with Crippen LogP contribution in [0.15, 0.2) is 53.4 Å². The molecule has 3 rings (SSSR count). The zero-order chi connectivity index (χ0) is 22.2. The lowest BCUT2D eigenvalue weighted by Gasteiger charge is -2.30. The van der Waals surface area contributed by atoms with Gasteiger partial charge >= 0.3 is 0 Å². The predicted molar refractivity (Wildman–Crippen MR) is 128 cm³/mol. The third-order valence-electron chi connectivity index (χ3n) is 5.72. The number of carbonyl (C=O) groups excluding carboxylic acids is 2. The van der Waals surface area contributed by atoms with Gasteiger partial charge in [-0.25, -0.2) is 0 Å². The first-order valence-electron chi connectivity index (χ1n) is 11.0. The van der Waals surface area contributed by atoms with E-state index in [4.69, 9.17) is 11.6 Å². The minimum atomic E-state index is -0.531. The first-order chi connectivity index (χ1) is 14.9. The second-order valence-corrected chi connectivity index (χ2v) is 9.83. The van der Waals surface area contributed by atoms with Crippen LogP contribution in [0.4, 0.5) is 0 Å². The highest BCUT2D eigenvalue weighted by Gasteiger charge is 2.28. The third-order valence-corrected chi connectivity index (χ3v) is 6.97. The van der Waals surface area contributed by atoms with Crippen molar-refractivity contribution in [3.8, 4) is 0 Å². The summed E-state index contributed by atoms with van der Waals surface area (Å²) in [6.07, 6.45) is 4.73. The molecule has 0 spiro atoms. The number of amides is 2. The summed E-state index contributed by atoms with van der Waals surface area (Å²) in [5.74, 6) is 0.576. The van der Waals surface area contributed by atoms with Gasteiger partial charge in [-0.2, -0.15) is 0 Å². The standard InChI is InChI=1S/C25H31ClN2O2S/c1-18-10-12-23(13-11-18)31-15-14-24(29)28(17-20-6-5-7-21(26)16-20)19(2)25(30)27-22-8-3-4-9-22/h5-7,10-13,16,19,22H,3-4,8-9,14-15,17H2,1-2H3,(H,27,30). The van der Waals surface area contributed by atoms with Crippen molar-refractivity contribution in [2.24, 2.45) is 0 Å². The van der Waals surface area contributed by atoms with Gasteiger partial charge in [0.1, 0.15) is 6.04 Å². The first kappa shape index (κ1) is 23.7. The Labute approximate surface area is 194 Å².